The second-order valence-corrected chi connectivity index (χ2v) is 6.78. The number of methoxy groups -OCH3 is 2. The molecule has 0 atom stereocenters. The van der Waals surface area contributed by atoms with Gasteiger partial charge in [-0.1, -0.05) is 18.2 Å². The van der Waals surface area contributed by atoms with E-state index in [1.807, 2.05) is 12.1 Å². The average molecular weight is 414 g/mol. The van der Waals surface area contributed by atoms with Crippen molar-refractivity contribution in [3.63, 3.8) is 0 Å². The molecule has 1 heterocycles. The highest BCUT2D eigenvalue weighted by Gasteiger charge is 2.24. The molecule has 1 saturated heterocycles. The summed E-state index contributed by atoms with van der Waals surface area (Å²) < 4.78 is 15.7. The Hall–Kier alpha value is -3.46. The predicted octanol–water partition coefficient (Wildman–Crippen LogP) is 3.06. The van der Waals surface area contributed by atoms with Crippen molar-refractivity contribution in [1.29, 1.82) is 0 Å². The second kappa shape index (κ2) is 9.16. The minimum absolute atomic E-state index is 0.270. The molecule has 9 heteroatoms. The van der Waals surface area contributed by atoms with Crippen LogP contribution in [-0.2, 0) is 9.59 Å². The number of carboxylic acids is 1. The lowest BCUT2D eigenvalue weighted by Gasteiger charge is -2.09. The fourth-order valence-corrected chi connectivity index (χ4v) is 3.33. The summed E-state index contributed by atoms with van der Waals surface area (Å²) in [4.78, 5) is 27.9. The molecular weight excluding hydrogens is 396 g/mol. The van der Waals surface area contributed by atoms with Gasteiger partial charge in [0, 0.05) is 0 Å². The maximum absolute atomic E-state index is 12.3. The Labute approximate surface area is 171 Å². The van der Waals surface area contributed by atoms with Crippen LogP contribution in [0.4, 0.5) is 5.69 Å². The summed E-state index contributed by atoms with van der Waals surface area (Å²) in [7, 11) is 3.01. The molecule has 1 fully saturated rings. The molecule has 2 aromatic rings. The Bertz CT molecular complexity index is 1000. The van der Waals surface area contributed by atoms with E-state index in [1.165, 1.54) is 18.9 Å². The van der Waals surface area contributed by atoms with E-state index >= 15 is 0 Å². The molecule has 0 aliphatic carbocycles. The zero-order valence-corrected chi connectivity index (χ0v) is 16.5. The number of carboxylic acid groups (broad SMARTS) is 1. The van der Waals surface area contributed by atoms with E-state index in [2.05, 4.69) is 10.3 Å². The molecule has 150 valence electrons. The van der Waals surface area contributed by atoms with Crippen LogP contribution in [0.1, 0.15) is 5.56 Å². The number of amides is 1. The number of hydrogen-bond acceptors (Lipinski definition) is 7. The largest absolute Gasteiger partial charge is 0.494 e. The Kier molecular flexibility index (Phi) is 6.40. The molecule has 3 rings (SSSR count). The molecule has 0 aromatic heterocycles. The highest BCUT2D eigenvalue weighted by atomic mass is 32.2. The van der Waals surface area contributed by atoms with E-state index in [0.29, 0.717) is 38.6 Å². The minimum Gasteiger partial charge on any atom is -0.494 e. The maximum Gasteiger partial charge on any atom is 0.341 e. The number of hydrogen-bond donors (Lipinski definition) is 2. The van der Waals surface area contributed by atoms with Crippen LogP contribution in [-0.4, -0.2) is 43.0 Å². The molecule has 0 spiro atoms. The first-order valence-electron chi connectivity index (χ1n) is 8.45. The highest BCUT2D eigenvalue weighted by Crippen LogP contribution is 2.33. The number of aliphatic carboxylic acids is 1. The van der Waals surface area contributed by atoms with Gasteiger partial charge in [0.05, 0.1) is 19.1 Å². The van der Waals surface area contributed by atoms with Gasteiger partial charge in [-0.15, -0.1) is 0 Å². The summed E-state index contributed by atoms with van der Waals surface area (Å²) in [6.07, 6.45) is 1.69. The van der Waals surface area contributed by atoms with Gasteiger partial charge in [-0.25, -0.2) is 9.79 Å². The number of amidine groups is 1. The average Bonchev–Trinajstić information content (AvgIpc) is 3.05. The first-order valence-corrected chi connectivity index (χ1v) is 9.27. The third-order valence-electron chi connectivity index (χ3n) is 3.79. The predicted molar refractivity (Wildman–Crippen MR) is 110 cm³/mol. The lowest BCUT2D eigenvalue weighted by atomic mass is 10.2. The van der Waals surface area contributed by atoms with Crippen molar-refractivity contribution in [2.45, 2.75) is 0 Å². The molecule has 2 N–H and O–H groups in total. The molecular formula is C20H18N2O6S. The van der Waals surface area contributed by atoms with Gasteiger partial charge >= 0.3 is 5.97 Å². The zero-order chi connectivity index (χ0) is 20.8. The molecule has 8 nitrogen and oxygen atoms in total. The van der Waals surface area contributed by atoms with E-state index in [0.717, 1.165) is 0 Å². The number of carbonyl (C=O) groups is 2. The van der Waals surface area contributed by atoms with Crippen LogP contribution in [0.2, 0.25) is 0 Å². The number of aliphatic imine (C=N–C) groups is 1. The van der Waals surface area contributed by atoms with E-state index in [1.54, 1.807) is 43.5 Å². The van der Waals surface area contributed by atoms with Gasteiger partial charge in [0.25, 0.3) is 5.91 Å². The quantitative estimate of drug-likeness (QED) is 0.671. The van der Waals surface area contributed by atoms with Gasteiger partial charge in [0.15, 0.2) is 23.3 Å². The van der Waals surface area contributed by atoms with Crippen molar-refractivity contribution in [1.82, 2.24) is 5.32 Å². The monoisotopic (exact) mass is 414 g/mol. The molecule has 0 saturated carbocycles. The van der Waals surface area contributed by atoms with Crippen LogP contribution in [0.15, 0.2) is 52.4 Å². The number of benzene rings is 2. The molecule has 2 aromatic carbocycles. The topological polar surface area (TPSA) is 106 Å². The van der Waals surface area contributed by atoms with Crippen LogP contribution >= 0.6 is 11.8 Å². The molecule has 1 aliphatic rings. The molecule has 29 heavy (non-hydrogen) atoms. The highest BCUT2D eigenvalue weighted by molar-refractivity contribution is 8.18. The molecule has 1 aliphatic heterocycles. The molecule has 0 radical (unpaired) electrons. The standard InChI is InChI=1S/C20H18N2O6S/c1-26-14-6-4-3-5-13(14)21-20-22-19(25)17(29-20)10-12-7-8-15(16(9-12)27-2)28-11-18(23)24/h3-10H,11H2,1-2H3,(H,23,24)(H,21,22,25)/b17-10+. The number of nitrogens with one attached hydrogen (secondary N) is 1. The van der Waals surface area contributed by atoms with Gasteiger partial charge in [-0.05, 0) is 47.7 Å². The van der Waals surface area contributed by atoms with Crippen molar-refractivity contribution < 1.29 is 28.9 Å². The Morgan fingerprint density at radius 1 is 1.14 bits per heavy atom. The van der Waals surface area contributed by atoms with Crippen LogP contribution < -0.4 is 19.5 Å². The summed E-state index contributed by atoms with van der Waals surface area (Å²) in [6.45, 7) is -0.474. The Morgan fingerprint density at radius 3 is 2.62 bits per heavy atom. The van der Waals surface area contributed by atoms with Crippen molar-refractivity contribution >= 4 is 40.6 Å². The van der Waals surface area contributed by atoms with E-state index < -0.39 is 12.6 Å². The van der Waals surface area contributed by atoms with Gasteiger partial charge < -0.3 is 24.6 Å². The third kappa shape index (κ3) is 5.08. The number of nitrogens with zero attached hydrogens (tertiary/aromatic N) is 1. The summed E-state index contributed by atoms with van der Waals surface area (Å²) in [6, 6.07) is 12.2. The van der Waals surface area contributed by atoms with Gasteiger partial charge in [-0.3, -0.25) is 4.79 Å². The van der Waals surface area contributed by atoms with Crippen molar-refractivity contribution in [2.75, 3.05) is 20.8 Å². The normalized spacial score (nSPS) is 16.0. The molecule has 0 unspecified atom stereocenters. The van der Waals surface area contributed by atoms with Gasteiger partial charge in [0.1, 0.15) is 11.4 Å². The maximum atomic E-state index is 12.3. The molecule has 0 bridgehead atoms. The van der Waals surface area contributed by atoms with E-state index in [-0.39, 0.29) is 5.91 Å². The number of carbonyl (C=O) groups excluding carboxylic acids is 1. The SMILES string of the molecule is COc1ccccc1N=C1NC(=O)/C(=C\c2ccc(OCC(=O)O)c(OC)c2)S1. The number of rotatable bonds is 7. The van der Waals surface area contributed by atoms with Crippen LogP contribution in [0.3, 0.4) is 0 Å². The third-order valence-corrected chi connectivity index (χ3v) is 4.70. The van der Waals surface area contributed by atoms with Crippen molar-refractivity contribution in [3.8, 4) is 17.2 Å². The first-order chi connectivity index (χ1) is 14.0. The van der Waals surface area contributed by atoms with Gasteiger partial charge in [0.2, 0.25) is 0 Å². The minimum atomic E-state index is -1.08. The number of thioether (sulfide) groups is 1. The van der Waals surface area contributed by atoms with Crippen LogP contribution in [0, 0.1) is 0 Å². The van der Waals surface area contributed by atoms with E-state index in [4.69, 9.17) is 19.3 Å². The fraction of sp³-hybridized carbons (Fsp3) is 0.150. The fourth-order valence-electron chi connectivity index (χ4n) is 2.50. The summed E-state index contributed by atoms with van der Waals surface area (Å²) in [5, 5.41) is 11.9. The number of ether oxygens (including phenoxy) is 3. The van der Waals surface area contributed by atoms with Crippen LogP contribution in [0.5, 0.6) is 17.2 Å². The van der Waals surface area contributed by atoms with Crippen LogP contribution in [0.25, 0.3) is 6.08 Å². The lowest BCUT2D eigenvalue weighted by molar-refractivity contribution is -0.139. The van der Waals surface area contributed by atoms with Crippen molar-refractivity contribution in [2.24, 2.45) is 4.99 Å². The zero-order valence-electron chi connectivity index (χ0n) is 15.7. The summed E-state index contributed by atoms with van der Waals surface area (Å²) >= 11 is 1.20. The number of para-hydroxylation sites is 2. The second-order valence-electron chi connectivity index (χ2n) is 5.75. The Balaban J connectivity index is 1.81. The van der Waals surface area contributed by atoms with Crippen molar-refractivity contribution in [3.05, 3.63) is 52.9 Å². The smallest absolute Gasteiger partial charge is 0.341 e. The van der Waals surface area contributed by atoms with Gasteiger partial charge in [-0.2, -0.15) is 0 Å². The van der Waals surface area contributed by atoms with E-state index in [9.17, 15) is 9.59 Å². The summed E-state index contributed by atoms with van der Waals surface area (Å²) in [5.74, 6) is -0.0761. The Morgan fingerprint density at radius 2 is 1.90 bits per heavy atom. The summed E-state index contributed by atoms with van der Waals surface area (Å²) in [5.41, 5.74) is 1.31. The molecule has 1 amide bonds. The lowest BCUT2D eigenvalue weighted by Crippen LogP contribution is -2.19. The first kappa shape index (κ1) is 20.3.